The highest BCUT2D eigenvalue weighted by Gasteiger charge is 2.29. The van der Waals surface area contributed by atoms with Crippen LogP contribution in [0.3, 0.4) is 0 Å². The van der Waals surface area contributed by atoms with Crippen molar-refractivity contribution in [1.29, 1.82) is 0 Å². The van der Waals surface area contributed by atoms with Crippen LogP contribution in [-0.4, -0.2) is 239 Å². The molecule has 0 saturated carbocycles. The lowest BCUT2D eigenvalue weighted by molar-refractivity contribution is -0.137. The number of carboxylic acids is 1. The molecule has 0 aliphatic rings. The van der Waals surface area contributed by atoms with Gasteiger partial charge >= 0.3 is 66.7 Å². The van der Waals surface area contributed by atoms with Gasteiger partial charge in [0.25, 0.3) is 0 Å². The lowest BCUT2D eigenvalue weighted by atomic mass is 10.1. The quantitative estimate of drug-likeness (QED) is 0.00963. The van der Waals surface area contributed by atoms with Crippen LogP contribution < -0.4 is 0 Å². The Morgan fingerprint density at radius 1 is 0.492 bits per heavy atom. The molecular weight excluding hydrogens is 1820 g/mol. The number of furan rings is 1. The van der Waals surface area contributed by atoms with Crippen molar-refractivity contribution < 1.29 is 170 Å². The molecule has 736 valence electrons. The van der Waals surface area contributed by atoms with Gasteiger partial charge in [-0.1, -0.05) is 183 Å². The number of rotatable bonds is 44. The second kappa shape index (κ2) is 76.3. The molecule has 0 bridgehead atoms. The van der Waals surface area contributed by atoms with Gasteiger partial charge in [-0.05, 0) is 88.2 Å². The molecule has 0 amide bonds. The van der Waals surface area contributed by atoms with Crippen LogP contribution in [0.25, 0.3) is 0 Å². The first-order chi connectivity index (χ1) is 55.0. The number of methoxy groups -OCH3 is 1. The number of thiophene rings is 1. The average molecular weight is 1980 g/mol. The van der Waals surface area contributed by atoms with Crippen LogP contribution in [0.2, 0.25) is 0 Å². The van der Waals surface area contributed by atoms with Crippen LogP contribution in [0, 0.1) is 11.8 Å². The van der Waals surface area contributed by atoms with Crippen molar-refractivity contribution in [3.8, 4) is 0 Å². The first kappa shape index (κ1) is 141. The highest BCUT2D eigenvalue weighted by molar-refractivity contribution is 7.95. The minimum absolute atomic E-state index is 0.0202. The van der Waals surface area contributed by atoms with Crippen molar-refractivity contribution in [2.45, 2.75) is 287 Å². The predicted octanol–water partition coefficient (Wildman–Crippen LogP) is 19.0. The van der Waals surface area contributed by atoms with E-state index in [0.29, 0.717) is 45.0 Å². The number of carboxylic acid groups (broad SMARTS) is 1. The molecule has 11 atom stereocenters. The lowest BCUT2D eigenvalue weighted by Gasteiger charge is -2.16. The van der Waals surface area contributed by atoms with Gasteiger partial charge in [0.2, 0.25) is 0 Å². The van der Waals surface area contributed by atoms with Crippen LogP contribution in [-0.2, 0) is 109 Å². The van der Waals surface area contributed by atoms with Gasteiger partial charge in [0.1, 0.15) is 5.76 Å². The first-order valence-corrected chi connectivity index (χ1v) is 57.3. The number of unbranched alkanes of at least 4 members (excludes halogenated alkanes) is 2. The molecule has 0 fully saturated rings. The van der Waals surface area contributed by atoms with Crippen LogP contribution in [0.1, 0.15) is 222 Å². The highest BCUT2D eigenvalue weighted by atomic mass is 32.2. The monoisotopic (exact) mass is 1980 g/mol. The van der Waals surface area contributed by atoms with E-state index in [9.17, 15) is 69.7 Å². The number of aliphatic hydroxyl groups excluding tert-OH is 4. The van der Waals surface area contributed by atoms with Gasteiger partial charge in [0, 0.05) is 62.0 Å². The van der Waals surface area contributed by atoms with Gasteiger partial charge in [-0.3, -0.25) is 45.9 Å². The molecular formula is C75H163O36P9S2. The molecule has 2 aromatic heterocycles. The molecule has 2 heterocycles. The Labute approximate surface area is 735 Å². The zero-order valence-electron chi connectivity index (χ0n) is 77.7. The molecule has 2 aromatic rings. The smallest absolute Gasteiger partial charge is 0.330 e. The van der Waals surface area contributed by atoms with Crippen molar-refractivity contribution in [2.75, 3.05) is 87.0 Å². The fourth-order valence-corrected chi connectivity index (χ4v) is 10.3. The van der Waals surface area contributed by atoms with Crippen LogP contribution in [0.15, 0.2) is 77.5 Å². The third kappa shape index (κ3) is 92.0. The summed E-state index contributed by atoms with van der Waals surface area (Å²) in [6.45, 7) is 55.9. The number of aliphatic hydroxyl groups is 4. The van der Waals surface area contributed by atoms with Gasteiger partial charge in [0.05, 0.1) is 139 Å². The highest BCUT2D eigenvalue weighted by Crippen LogP contribution is 2.52. The molecule has 47 heteroatoms. The molecule has 0 radical (unpaired) electrons. The van der Waals surface area contributed by atoms with E-state index in [2.05, 4.69) is 53.0 Å². The second-order valence-corrected chi connectivity index (χ2v) is 55.7. The fraction of sp³-hybridized carbons (Fsp3) is 0.787. The Morgan fingerprint density at radius 3 is 1.05 bits per heavy atom. The van der Waals surface area contributed by atoms with Crippen LogP contribution >= 0.6 is 79.5 Å². The average Bonchev–Trinajstić information content (AvgIpc) is 1.40. The van der Waals surface area contributed by atoms with E-state index in [0.717, 1.165) is 25.0 Å². The van der Waals surface area contributed by atoms with Crippen molar-refractivity contribution >= 4 is 101 Å². The second-order valence-electron chi connectivity index (χ2n) is 30.0. The van der Waals surface area contributed by atoms with Gasteiger partial charge in [-0.2, -0.15) is 0 Å². The van der Waals surface area contributed by atoms with E-state index >= 15 is 0 Å². The zero-order chi connectivity index (χ0) is 98.8. The van der Waals surface area contributed by atoms with Crippen molar-refractivity contribution in [2.24, 2.45) is 11.8 Å². The Balaban J connectivity index is -0.000000142. The molecule has 2 rings (SSSR count). The maximum Gasteiger partial charge on any atom is 0.330 e. The molecule has 0 aliphatic heterocycles. The first-order valence-electron chi connectivity index (χ1n) is 39.3. The lowest BCUT2D eigenvalue weighted by Crippen LogP contribution is -2.15. The Kier molecular flexibility index (Phi) is 88.2. The summed E-state index contributed by atoms with van der Waals surface area (Å²) in [5.41, 5.74) is -1.81. The number of ether oxygens (including phenoxy) is 1. The number of hydrogen-bond donors (Lipinski definition) is 15. The van der Waals surface area contributed by atoms with Gasteiger partial charge in [-0.15, -0.1) is 17.9 Å². The Bertz CT molecular complexity index is 3410. The van der Waals surface area contributed by atoms with Crippen LogP contribution in [0.4, 0.5) is 0 Å². The third-order valence-corrected chi connectivity index (χ3v) is 34.1. The number of hydrogen-bond acceptors (Lipinski definition) is 26. The minimum Gasteiger partial charge on any atom is -0.513 e. The topological polar surface area (TPSA) is 587 Å². The van der Waals surface area contributed by atoms with E-state index in [1.54, 1.807) is 175 Å². The summed E-state index contributed by atoms with van der Waals surface area (Å²) in [5.74, 6) is 3.90. The van der Waals surface area contributed by atoms with Crippen molar-refractivity contribution in [1.82, 2.24) is 0 Å². The fourth-order valence-electron chi connectivity index (χ4n) is 4.55. The maximum atomic E-state index is 11.4. The van der Waals surface area contributed by atoms with E-state index in [-0.39, 0.29) is 110 Å². The van der Waals surface area contributed by atoms with Crippen LogP contribution in [0.5, 0.6) is 0 Å². The third-order valence-electron chi connectivity index (χ3n) is 15.0. The Hall–Kier alpha value is -1.32. The number of carbonyl (C=O) groups is 1. The van der Waals surface area contributed by atoms with E-state index in [1.165, 1.54) is 24.2 Å². The summed E-state index contributed by atoms with van der Waals surface area (Å²) >= 11 is 1.63. The van der Waals surface area contributed by atoms with E-state index < -0.39 is 107 Å². The molecule has 11 unspecified atom stereocenters. The van der Waals surface area contributed by atoms with Gasteiger partial charge in [0.15, 0.2) is 7.37 Å². The summed E-state index contributed by atoms with van der Waals surface area (Å²) in [5, 5.41) is 44.0. The Morgan fingerprint density at radius 2 is 0.811 bits per heavy atom. The molecule has 0 spiro atoms. The number of aliphatic carboxylic acids is 1. The number of allylic oxidation sites excluding steroid dienone is 3. The SMILES string of the molecule is C=C(C)C(C)C.C=C(O)C(C)C.C=CCCCCOP(=O)(O)C(C)C.C=S(=O)(O)C(C)C.CC(C)P(=O)(O)OCCC(=O)O.CC(C)P(=O)(O)OCCC(O)CO.CC(C)P(=O)(O)OCCO.CC(C)P(=O)(O)OCCc1ccco1.CC(C)P(=O)(O)OCCc1cccs1.CC(C)P(C)(=O)O.COCCCOP(=O)(O)C(C)C.COP(=O)(O)C(C)C. The van der Waals surface area contributed by atoms with Crippen molar-refractivity contribution in [3.63, 3.8) is 0 Å². The molecule has 122 heavy (non-hydrogen) atoms. The zero-order valence-corrected chi connectivity index (χ0v) is 87.4. The standard InChI is InChI=1S/C9H15O4P.C9H15O3PS.C9H19O3P.C7H17O5P.C7H17O4P.C6H13O5P.C6H12.C5H13O4P.C5H10O.C4H11O3P.C4H11O2P.C4H10O2S/c1-8(2)14(10,11)13-7-5-9-4-3-6-12-9;1-8(2)13(10,11)12-6-5-9-4-3-7-14-9;1-4-5-6-7-8-12-13(10,11)9(2)3;1-6(2)13(10,11)12-4-3-7(9)5-8;1-7(2)12(8,9)11-6-4-5-10-3;1-5(2)12(9,10)11-4-3-6(7)8;1-5(2)6(3)4;1-5(2)10(7,8)9-4-3-6;1-4(2)5(3)6;1-4(2)8(5,6)7-3;2*1-4(2)7(3,5)6/h3-4,6,8H,5,7H2,1-2H3,(H,10,11);3-4,7-8H,5-6H2,1-2H3,(H,10,11);4,9H,1,5-8H2,2-3H3,(H,10,11);6-9H,3-5H2,1-2H3,(H,10,11);7H,4-6H2,1-3H3,(H,8,9);5H,3-4H2,1-2H3,(H,7,8)(H,9,10);6H,1H2,2-4H3;5-6H,3-4H2,1-2H3,(H,7,8);4,6H,3H2,1-2H3;4H,1-3H3,(H,5,6);4H,1-3H3,(H,5,6);4H,3H2,1-2H3,(H,5,6). The summed E-state index contributed by atoms with van der Waals surface area (Å²) in [7, 11) is -30.0. The van der Waals surface area contributed by atoms with E-state index in [1.807, 2.05) is 44.4 Å². The van der Waals surface area contributed by atoms with Gasteiger partial charge in [-0.25, -0.2) is 4.21 Å². The van der Waals surface area contributed by atoms with E-state index in [4.69, 9.17) is 86.3 Å². The summed E-state index contributed by atoms with van der Waals surface area (Å²) in [6, 6.07) is 7.53. The molecule has 15 N–H and O–H groups in total. The summed E-state index contributed by atoms with van der Waals surface area (Å²) in [6.07, 6.45) is 6.99. The molecule has 0 saturated heterocycles. The normalized spacial score (nSPS) is 16.2. The summed E-state index contributed by atoms with van der Waals surface area (Å²) < 4.78 is 166. The minimum atomic E-state index is -3.58. The van der Waals surface area contributed by atoms with Gasteiger partial charge < -0.3 is 119 Å². The maximum absolute atomic E-state index is 11.4. The molecule has 36 nitrogen and oxygen atoms in total. The largest absolute Gasteiger partial charge is 0.513 e. The molecule has 0 aromatic carbocycles. The predicted molar refractivity (Wildman–Crippen MR) is 497 cm³/mol. The summed E-state index contributed by atoms with van der Waals surface area (Å²) in [4.78, 5) is 92.8. The van der Waals surface area contributed by atoms with Crippen molar-refractivity contribution in [3.05, 3.63) is 83.7 Å². The molecule has 0 aliphatic carbocycles.